The third-order valence-corrected chi connectivity index (χ3v) is 4.64. The Bertz CT molecular complexity index is 702. The Morgan fingerprint density at radius 2 is 1.88 bits per heavy atom. The van der Waals surface area contributed by atoms with Gasteiger partial charge in [-0.25, -0.2) is 14.5 Å². The van der Waals surface area contributed by atoms with E-state index < -0.39 is 29.0 Å². The van der Waals surface area contributed by atoms with Gasteiger partial charge in [-0.2, -0.15) is 0 Å². The zero-order valence-corrected chi connectivity index (χ0v) is 14.3. The van der Waals surface area contributed by atoms with Crippen LogP contribution in [0.1, 0.15) is 34.1 Å². The molecule has 0 N–H and O–H groups in total. The van der Waals surface area contributed by atoms with Gasteiger partial charge in [-0.15, -0.1) is 11.8 Å². The maximum Gasteiger partial charge on any atom is 0.339 e. The minimum absolute atomic E-state index is 0.0361. The van der Waals surface area contributed by atoms with Crippen LogP contribution < -0.4 is 4.90 Å². The van der Waals surface area contributed by atoms with E-state index >= 15 is 0 Å². The van der Waals surface area contributed by atoms with E-state index in [1.54, 1.807) is 0 Å². The van der Waals surface area contributed by atoms with E-state index in [1.807, 2.05) is 6.92 Å². The van der Waals surface area contributed by atoms with E-state index in [1.165, 1.54) is 44.2 Å². The average Bonchev–Trinajstić information content (AvgIpc) is 2.87. The van der Waals surface area contributed by atoms with E-state index in [0.717, 1.165) is 4.90 Å². The lowest BCUT2D eigenvalue weighted by molar-refractivity contribution is -0.121. The van der Waals surface area contributed by atoms with Crippen molar-refractivity contribution >= 4 is 41.2 Å². The van der Waals surface area contributed by atoms with Crippen molar-refractivity contribution in [2.45, 2.75) is 18.6 Å². The van der Waals surface area contributed by atoms with Crippen LogP contribution in [0.25, 0.3) is 0 Å². The maximum atomic E-state index is 12.5. The second-order valence-electron chi connectivity index (χ2n) is 4.93. The fourth-order valence-corrected chi connectivity index (χ4v) is 3.34. The Morgan fingerprint density at radius 1 is 1.21 bits per heavy atom. The van der Waals surface area contributed by atoms with E-state index in [-0.39, 0.29) is 23.2 Å². The number of carbonyl (C=O) groups is 4. The lowest BCUT2D eigenvalue weighted by atomic mass is 10.1. The van der Waals surface area contributed by atoms with Gasteiger partial charge in [0.05, 0.1) is 36.3 Å². The second-order valence-corrected chi connectivity index (χ2v) is 6.41. The Morgan fingerprint density at radius 3 is 2.46 bits per heavy atom. The highest BCUT2D eigenvalue weighted by Crippen LogP contribution is 2.32. The molecule has 1 heterocycles. The molecule has 2 rings (SSSR count). The van der Waals surface area contributed by atoms with Gasteiger partial charge in [-0.05, 0) is 24.0 Å². The molecule has 7 nitrogen and oxygen atoms in total. The quantitative estimate of drug-likeness (QED) is 0.588. The number of nitrogens with zero attached hydrogens (tertiary/aromatic N) is 1. The fraction of sp³-hybridized carbons (Fsp3) is 0.375. The third-order valence-electron chi connectivity index (χ3n) is 3.54. The SMILES string of the molecule is CCSC1CC(=O)N(c2cc(C(=O)OC)ccc2C(=O)OC)C1=O. The molecule has 128 valence electrons. The zero-order valence-electron chi connectivity index (χ0n) is 13.5. The first-order chi connectivity index (χ1) is 11.4. The highest BCUT2D eigenvalue weighted by molar-refractivity contribution is 8.00. The third kappa shape index (κ3) is 3.28. The largest absolute Gasteiger partial charge is 0.465 e. The molecule has 0 radical (unpaired) electrons. The Hall–Kier alpha value is -2.35. The average molecular weight is 351 g/mol. The first kappa shape index (κ1) is 18.0. The summed E-state index contributed by atoms with van der Waals surface area (Å²) < 4.78 is 9.34. The standard InChI is InChI=1S/C16H17NO6S/c1-4-24-12-8-13(18)17(14(12)19)11-7-9(15(20)22-2)5-6-10(11)16(21)23-3/h5-7,12H,4,8H2,1-3H3. The number of anilines is 1. The first-order valence-electron chi connectivity index (χ1n) is 7.23. The molecular weight excluding hydrogens is 334 g/mol. The molecule has 1 aliphatic rings. The molecule has 1 aliphatic heterocycles. The lowest BCUT2D eigenvalue weighted by Gasteiger charge is -2.18. The molecule has 0 spiro atoms. The van der Waals surface area contributed by atoms with Crippen molar-refractivity contribution in [1.82, 2.24) is 0 Å². The van der Waals surface area contributed by atoms with Crippen LogP contribution in [0, 0.1) is 0 Å². The first-order valence-corrected chi connectivity index (χ1v) is 8.28. The predicted octanol–water partition coefficient (Wildman–Crippen LogP) is 1.64. The number of thioether (sulfide) groups is 1. The number of rotatable bonds is 5. The minimum atomic E-state index is -0.700. The normalized spacial score (nSPS) is 17.1. The van der Waals surface area contributed by atoms with Crippen LogP contribution in [0.15, 0.2) is 18.2 Å². The second kappa shape index (κ2) is 7.48. The molecule has 1 fully saturated rings. The molecule has 0 saturated carbocycles. The van der Waals surface area contributed by atoms with Crippen molar-refractivity contribution < 1.29 is 28.7 Å². The summed E-state index contributed by atoms with van der Waals surface area (Å²) in [5.41, 5.74) is 0.209. The number of esters is 2. The molecule has 1 atom stereocenters. The van der Waals surface area contributed by atoms with Gasteiger partial charge in [0, 0.05) is 6.42 Å². The van der Waals surface area contributed by atoms with Crippen LogP contribution in [0.4, 0.5) is 5.69 Å². The highest BCUT2D eigenvalue weighted by Gasteiger charge is 2.41. The van der Waals surface area contributed by atoms with Gasteiger partial charge < -0.3 is 9.47 Å². The van der Waals surface area contributed by atoms with Gasteiger partial charge in [0.1, 0.15) is 0 Å². The molecule has 1 aromatic carbocycles. The van der Waals surface area contributed by atoms with Crippen LogP contribution in [-0.4, -0.2) is 49.0 Å². The monoisotopic (exact) mass is 351 g/mol. The van der Waals surface area contributed by atoms with Gasteiger partial charge in [0.25, 0.3) is 0 Å². The summed E-state index contributed by atoms with van der Waals surface area (Å²) in [5, 5.41) is -0.491. The van der Waals surface area contributed by atoms with E-state index in [4.69, 9.17) is 4.74 Å². The minimum Gasteiger partial charge on any atom is -0.465 e. The topological polar surface area (TPSA) is 90.0 Å². The van der Waals surface area contributed by atoms with Crippen LogP contribution in [0.5, 0.6) is 0 Å². The number of hydrogen-bond donors (Lipinski definition) is 0. The zero-order chi connectivity index (χ0) is 17.9. The van der Waals surface area contributed by atoms with Crippen LogP contribution in [0.3, 0.4) is 0 Å². The van der Waals surface area contributed by atoms with E-state index in [0.29, 0.717) is 5.75 Å². The summed E-state index contributed by atoms with van der Waals surface area (Å²) in [6, 6.07) is 4.02. The fourth-order valence-electron chi connectivity index (χ4n) is 2.43. The number of carbonyl (C=O) groups excluding carboxylic acids is 4. The molecule has 1 aromatic rings. The Balaban J connectivity index is 2.53. The van der Waals surface area contributed by atoms with Crippen LogP contribution >= 0.6 is 11.8 Å². The predicted molar refractivity (Wildman–Crippen MR) is 88.2 cm³/mol. The summed E-state index contributed by atoms with van der Waals surface area (Å²) in [5.74, 6) is -1.47. The van der Waals surface area contributed by atoms with Gasteiger partial charge in [0.2, 0.25) is 11.8 Å². The van der Waals surface area contributed by atoms with Crippen molar-refractivity contribution in [3.05, 3.63) is 29.3 Å². The van der Waals surface area contributed by atoms with Crippen molar-refractivity contribution in [3.8, 4) is 0 Å². The summed E-state index contributed by atoms with van der Waals surface area (Å²) in [6.07, 6.45) is 0.0560. The van der Waals surface area contributed by atoms with Gasteiger partial charge in [-0.1, -0.05) is 6.92 Å². The van der Waals surface area contributed by atoms with Gasteiger partial charge in [-0.3, -0.25) is 9.59 Å². The number of ether oxygens (including phenoxy) is 2. The number of amides is 2. The van der Waals surface area contributed by atoms with Crippen LogP contribution in [0.2, 0.25) is 0 Å². The Kier molecular flexibility index (Phi) is 5.61. The molecule has 0 aliphatic carbocycles. The smallest absolute Gasteiger partial charge is 0.339 e. The molecule has 0 aromatic heterocycles. The van der Waals surface area contributed by atoms with Crippen LogP contribution in [-0.2, 0) is 19.1 Å². The summed E-state index contributed by atoms with van der Waals surface area (Å²) >= 11 is 1.36. The van der Waals surface area contributed by atoms with Gasteiger partial charge in [0.15, 0.2) is 0 Å². The summed E-state index contributed by atoms with van der Waals surface area (Å²) in [4.78, 5) is 49.5. The van der Waals surface area contributed by atoms with E-state index in [9.17, 15) is 19.2 Å². The van der Waals surface area contributed by atoms with Crippen molar-refractivity contribution in [1.29, 1.82) is 0 Å². The Labute approximate surface area is 143 Å². The summed E-state index contributed by atoms with van der Waals surface area (Å²) in [6.45, 7) is 1.89. The molecule has 8 heteroatoms. The number of imide groups is 1. The molecule has 1 unspecified atom stereocenters. The number of hydrogen-bond acceptors (Lipinski definition) is 7. The van der Waals surface area contributed by atoms with Crippen molar-refractivity contribution in [3.63, 3.8) is 0 Å². The molecule has 2 amide bonds. The summed E-state index contributed by atoms with van der Waals surface area (Å²) in [7, 11) is 2.42. The molecule has 24 heavy (non-hydrogen) atoms. The maximum absolute atomic E-state index is 12.5. The van der Waals surface area contributed by atoms with E-state index in [2.05, 4.69) is 4.74 Å². The van der Waals surface area contributed by atoms with Crippen molar-refractivity contribution in [2.75, 3.05) is 24.9 Å². The number of methoxy groups -OCH3 is 2. The molecule has 0 bridgehead atoms. The highest BCUT2D eigenvalue weighted by atomic mass is 32.2. The molecule has 1 saturated heterocycles. The number of benzene rings is 1. The lowest BCUT2D eigenvalue weighted by Crippen LogP contribution is -2.33. The van der Waals surface area contributed by atoms with Gasteiger partial charge >= 0.3 is 11.9 Å². The van der Waals surface area contributed by atoms with Crippen molar-refractivity contribution in [2.24, 2.45) is 0 Å². The molecular formula is C16H17NO6S.